The Morgan fingerprint density at radius 1 is 0.885 bits per heavy atom. The van der Waals surface area contributed by atoms with Crippen LogP contribution in [0.4, 0.5) is 0 Å². The van der Waals surface area contributed by atoms with Crippen LogP contribution in [0.15, 0.2) is 54.6 Å². The molecule has 0 atom stereocenters. The fourth-order valence-electron chi connectivity index (χ4n) is 3.14. The molecule has 0 unspecified atom stereocenters. The fraction of sp³-hybridized carbons (Fsp3) is 0.435. The van der Waals surface area contributed by atoms with E-state index in [1.165, 1.54) is 11.1 Å². The first kappa shape index (κ1) is 20.2. The highest BCUT2D eigenvalue weighted by Crippen LogP contribution is 2.12. The van der Waals surface area contributed by atoms with Crippen LogP contribution in [0.5, 0.6) is 0 Å². The van der Waals surface area contributed by atoms with Crippen LogP contribution in [-0.4, -0.2) is 41.4 Å². The molecule has 0 aliphatic carbocycles. The summed E-state index contributed by atoms with van der Waals surface area (Å²) in [4.78, 5) is 17.1. The third-order valence-electron chi connectivity index (χ3n) is 4.91. The van der Waals surface area contributed by atoms with E-state index in [9.17, 15) is 4.79 Å². The molecule has 0 heterocycles. The minimum Gasteiger partial charge on any atom is -0.339 e. The highest BCUT2D eigenvalue weighted by Gasteiger charge is 2.14. The lowest BCUT2D eigenvalue weighted by Gasteiger charge is -2.25. The van der Waals surface area contributed by atoms with Gasteiger partial charge in [0.15, 0.2) is 0 Å². The molecule has 0 saturated heterocycles. The third-order valence-corrected chi connectivity index (χ3v) is 4.91. The summed E-state index contributed by atoms with van der Waals surface area (Å²) in [6, 6.07) is 19.0. The van der Waals surface area contributed by atoms with Crippen molar-refractivity contribution in [1.82, 2.24) is 9.80 Å². The Labute approximate surface area is 158 Å². The molecule has 0 radical (unpaired) electrons. The van der Waals surface area contributed by atoms with E-state index in [1.54, 1.807) is 0 Å². The largest absolute Gasteiger partial charge is 0.339 e. The van der Waals surface area contributed by atoms with E-state index in [0.717, 1.165) is 38.2 Å². The maximum absolute atomic E-state index is 12.8. The number of hydrogen-bond donors (Lipinski definition) is 0. The minimum atomic E-state index is 0.117. The summed E-state index contributed by atoms with van der Waals surface area (Å²) in [6.07, 6.45) is 0.887. The summed E-state index contributed by atoms with van der Waals surface area (Å²) >= 11 is 0. The highest BCUT2D eigenvalue weighted by molar-refractivity contribution is 5.94. The van der Waals surface area contributed by atoms with Crippen LogP contribution in [0.2, 0.25) is 0 Å². The van der Waals surface area contributed by atoms with Crippen molar-refractivity contribution in [3.05, 3.63) is 71.3 Å². The molecule has 3 nitrogen and oxygen atoms in total. The third kappa shape index (κ3) is 5.70. The number of amides is 1. The highest BCUT2D eigenvalue weighted by atomic mass is 16.2. The van der Waals surface area contributed by atoms with Crippen molar-refractivity contribution >= 4 is 5.91 Å². The van der Waals surface area contributed by atoms with Gasteiger partial charge in [0.1, 0.15) is 0 Å². The predicted molar refractivity (Wildman–Crippen MR) is 109 cm³/mol. The van der Waals surface area contributed by atoms with Crippen LogP contribution in [0, 0.1) is 0 Å². The molecule has 26 heavy (non-hydrogen) atoms. The summed E-state index contributed by atoms with van der Waals surface area (Å²) in [5.74, 6) is 0.117. The van der Waals surface area contributed by atoms with Gasteiger partial charge in [0.2, 0.25) is 0 Å². The standard InChI is InChI=1S/C23H32N2O/c1-5-24(17-16-20-10-8-7-9-11-20)23(26)22-14-12-21(13-15-22)18-25(6-2)19(3)4/h7-15,19H,5-6,16-18H2,1-4H3. The number of hydrogen-bond acceptors (Lipinski definition) is 2. The van der Waals surface area contributed by atoms with E-state index in [0.29, 0.717) is 6.04 Å². The van der Waals surface area contributed by atoms with Gasteiger partial charge in [-0.2, -0.15) is 0 Å². The summed E-state index contributed by atoms with van der Waals surface area (Å²) in [7, 11) is 0. The Kier molecular flexibility index (Phi) is 7.86. The summed E-state index contributed by atoms with van der Waals surface area (Å²) in [5, 5.41) is 0. The maximum atomic E-state index is 12.8. The Morgan fingerprint density at radius 2 is 1.54 bits per heavy atom. The number of benzene rings is 2. The lowest BCUT2D eigenvalue weighted by atomic mass is 10.1. The van der Waals surface area contributed by atoms with Crippen molar-refractivity contribution in [2.45, 2.75) is 46.7 Å². The van der Waals surface area contributed by atoms with E-state index in [2.05, 4.69) is 49.9 Å². The lowest BCUT2D eigenvalue weighted by molar-refractivity contribution is 0.0766. The zero-order chi connectivity index (χ0) is 18.9. The van der Waals surface area contributed by atoms with E-state index in [4.69, 9.17) is 0 Å². The molecule has 3 heteroatoms. The number of likely N-dealkylation sites (N-methyl/N-ethyl adjacent to an activating group) is 1. The molecule has 0 fully saturated rings. The van der Waals surface area contributed by atoms with Crippen molar-refractivity contribution in [3.8, 4) is 0 Å². The van der Waals surface area contributed by atoms with Crippen LogP contribution in [0.25, 0.3) is 0 Å². The van der Waals surface area contributed by atoms with Gasteiger partial charge in [0.25, 0.3) is 5.91 Å². The zero-order valence-corrected chi connectivity index (χ0v) is 16.6. The molecule has 0 N–H and O–H groups in total. The number of carbonyl (C=O) groups is 1. The Morgan fingerprint density at radius 3 is 2.08 bits per heavy atom. The first-order valence-corrected chi connectivity index (χ1v) is 9.71. The van der Waals surface area contributed by atoms with Gasteiger partial charge in [-0.1, -0.05) is 49.4 Å². The Balaban J connectivity index is 1.98. The normalized spacial score (nSPS) is 11.2. The minimum absolute atomic E-state index is 0.117. The van der Waals surface area contributed by atoms with E-state index >= 15 is 0 Å². The molecule has 2 aromatic carbocycles. The topological polar surface area (TPSA) is 23.6 Å². The number of rotatable bonds is 9. The van der Waals surface area contributed by atoms with Gasteiger partial charge < -0.3 is 4.90 Å². The quantitative estimate of drug-likeness (QED) is 0.657. The number of carbonyl (C=O) groups excluding carboxylic acids is 1. The number of nitrogens with zero attached hydrogens (tertiary/aromatic N) is 2. The predicted octanol–water partition coefficient (Wildman–Crippen LogP) is 4.62. The van der Waals surface area contributed by atoms with Gasteiger partial charge in [-0.05, 0) is 57.0 Å². The summed E-state index contributed by atoms with van der Waals surface area (Å²) in [6.45, 7) is 12.1. The molecule has 0 bridgehead atoms. The first-order chi connectivity index (χ1) is 12.5. The SMILES string of the molecule is CCN(CCc1ccccc1)C(=O)c1ccc(CN(CC)C(C)C)cc1. The van der Waals surface area contributed by atoms with Crippen LogP contribution < -0.4 is 0 Å². The maximum Gasteiger partial charge on any atom is 0.253 e. The zero-order valence-electron chi connectivity index (χ0n) is 16.6. The summed E-state index contributed by atoms with van der Waals surface area (Å²) in [5.41, 5.74) is 3.29. The van der Waals surface area contributed by atoms with Gasteiger partial charge in [-0.25, -0.2) is 0 Å². The van der Waals surface area contributed by atoms with Gasteiger partial charge in [0.05, 0.1) is 0 Å². The molecule has 0 saturated carbocycles. The monoisotopic (exact) mass is 352 g/mol. The fourth-order valence-corrected chi connectivity index (χ4v) is 3.14. The van der Waals surface area contributed by atoms with E-state index < -0.39 is 0 Å². The second kappa shape index (κ2) is 10.1. The van der Waals surface area contributed by atoms with Gasteiger partial charge in [-0.3, -0.25) is 9.69 Å². The lowest BCUT2D eigenvalue weighted by Crippen LogP contribution is -2.33. The van der Waals surface area contributed by atoms with Crippen molar-refractivity contribution in [1.29, 1.82) is 0 Å². The van der Waals surface area contributed by atoms with Crippen LogP contribution in [-0.2, 0) is 13.0 Å². The van der Waals surface area contributed by atoms with Crippen molar-refractivity contribution < 1.29 is 4.79 Å². The second-order valence-corrected chi connectivity index (χ2v) is 6.97. The van der Waals surface area contributed by atoms with Crippen molar-refractivity contribution in [2.75, 3.05) is 19.6 Å². The van der Waals surface area contributed by atoms with Crippen LogP contribution >= 0.6 is 0 Å². The van der Waals surface area contributed by atoms with Crippen LogP contribution in [0.3, 0.4) is 0 Å². The average molecular weight is 353 g/mol. The molecule has 0 spiro atoms. The molecule has 140 valence electrons. The van der Waals surface area contributed by atoms with E-state index in [-0.39, 0.29) is 5.91 Å². The molecule has 0 aromatic heterocycles. The second-order valence-electron chi connectivity index (χ2n) is 6.97. The smallest absolute Gasteiger partial charge is 0.253 e. The molecule has 1 amide bonds. The molecule has 0 aliphatic rings. The molecular formula is C23H32N2O. The van der Waals surface area contributed by atoms with Gasteiger partial charge in [-0.15, -0.1) is 0 Å². The molecule has 0 aliphatic heterocycles. The molecule has 2 aromatic rings. The first-order valence-electron chi connectivity index (χ1n) is 9.71. The molecule has 2 rings (SSSR count). The van der Waals surface area contributed by atoms with Crippen molar-refractivity contribution in [2.24, 2.45) is 0 Å². The Hall–Kier alpha value is -2.13. The Bertz CT molecular complexity index is 664. The van der Waals surface area contributed by atoms with Gasteiger partial charge in [0, 0.05) is 31.2 Å². The van der Waals surface area contributed by atoms with Gasteiger partial charge >= 0.3 is 0 Å². The van der Waals surface area contributed by atoms with Crippen LogP contribution in [0.1, 0.15) is 49.2 Å². The molecular weight excluding hydrogens is 320 g/mol. The average Bonchev–Trinajstić information content (AvgIpc) is 2.67. The summed E-state index contributed by atoms with van der Waals surface area (Å²) < 4.78 is 0. The van der Waals surface area contributed by atoms with E-state index in [1.807, 2.05) is 42.2 Å². The van der Waals surface area contributed by atoms with Crippen molar-refractivity contribution in [3.63, 3.8) is 0 Å².